The summed E-state index contributed by atoms with van der Waals surface area (Å²) in [6.45, 7) is 4.72. The SMILES string of the molecule is CN(CCCN(CCNCCc1ccc(O)c2[nH]c(=O)sc12)C(=O)CCOCCc1cccc(Cl)c1)C1CC1. The number of carbonyl (C=O) groups is 1. The summed E-state index contributed by atoms with van der Waals surface area (Å²) >= 11 is 7.16. The number of thiazole rings is 1. The van der Waals surface area contributed by atoms with Gasteiger partial charge in [0.15, 0.2) is 0 Å². The van der Waals surface area contributed by atoms with Crippen LogP contribution in [0.1, 0.15) is 36.8 Å². The molecule has 0 radical (unpaired) electrons. The largest absolute Gasteiger partial charge is 0.506 e. The summed E-state index contributed by atoms with van der Waals surface area (Å²) in [5, 5.41) is 14.1. The Morgan fingerprint density at radius 3 is 2.79 bits per heavy atom. The first-order valence-corrected chi connectivity index (χ1v) is 14.9. The lowest BCUT2D eigenvalue weighted by Crippen LogP contribution is -2.39. The van der Waals surface area contributed by atoms with Crippen molar-refractivity contribution in [1.29, 1.82) is 0 Å². The summed E-state index contributed by atoms with van der Waals surface area (Å²) in [6, 6.07) is 12.0. The fourth-order valence-corrected chi connectivity index (χ4v) is 5.81. The van der Waals surface area contributed by atoms with Crippen molar-refractivity contribution in [2.75, 3.05) is 53.0 Å². The van der Waals surface area contributed by atoms with Gasteiger partial charge in [0, 0.05) is 30.7 Å². The molecule has 1 fully saturated rings. The van der Waals surface area contributed by atoms with Crippen molar-refractivity contribution in [3.8, 4) is 5.75 Å². The molecule has 2 aromatic carbocycles. The molecule has 0 aliphatic heterocycles. The van der Waals surface area contributed by atoms with E-state index in [9.17, 15) is 14.7 Å². The van der Waals surface area contributed by atoms with Crippen molar-refractivity contribution in [2.45, 2.75) is 44.6 Å². The van der Waals surface area contributed by atoms with Crippen LogP contribution in [0.4, 0.5) is 0 Å². The molecule has 1 aromatic heterocycles. The summed E-state index contributed by atoms with van der Waals surface area (Å²) < 4.78 is 6.56. The molecule has 1 saturated carbocycles. The first-order valence-electron chi connectivity index (χ1n) is 13.8. The highest BCUT2D eigenvalue weighted by Gasteiger charge is 2.25. The van der Waals surface area contributed by atoms with Crippen molar-refractivity contribution in [3.05, 3.63) is 62.2 Å². The monoisotopic (exact) mass is 574 g/mol. The predicted octanol–water partition coefficient (Wildman–Crippen LogP) is 4.04. The number of H-pyrrole nitrogens is 1. The molecular formula is C29H39ClN4O4S. The zero-order chi connectivity index (χ0) is 27.6. The van der Waals surface area contributed by atoms with E-state index < -0.39 is 0 Å². The van der Waals surface area contributed by atoms with Gasteiger partial charge in [-0.05, 0) is 81.6 Å². The number of nitrogens with one attached hydrogen (secondary N) is 2. The van der Waals surface area contributed by atoms with Crippen molar-refractivity contribution in [1.82, 2.24) is 20.1 Å². The molecule has 3 aromatic rings. The molecule has 0 atom stereocenters. The van der Waals surface area contributed by atoms with Crippen molar-refractivity contribution in [3.63, 3.8) is 0 Å². The smallest absolute Gasteiger partial charge is 0.305 e. The van der Waals surface area contributed by atoms with Gasteiger partial charge in [0.25, 0.3) is 0 Å². The van der Waals surface area contributed by atoms with Crippen LogP contribution in [-0.4, -0.2) is 84.8 Å². The number of amides is 1. The minimum Gasteiger partial charge on any atom is -0.506 e. The van der Waals surface area contributed by atoms with E-state index in [0.717, 1.165) is 64.5 Å². The van der Waals surface area contributed by atoms with Crippen LogP contribution in [0.2, 0.25) is 5.02 Å². The van der Waals surface area contributed by atoms with Gasteiger partial charge in [-0.3, -0.25) is 9.59 Å². The molecule has 0 bridgehead atoms. The fourth-order valence-electron chi connectivity index (χ4n) is 4.70. The van der Waals surface area contributed by atoms with E-state index in [4.69, 9.17) is 16.3 Å². The molecule has 212 valence electrons. The first-order chi connectivity index (χ1) is 18.9. The number of aromatic nitrogens is 1. The molecule has 10 heteroatoms. The Morgan fingerprint density at radius 1 is 1.15 bits per heavy atom. The Hall–Kier alpha value is -2.43. The van der Waals surface area contributed by atoms with Crippen molar-refractivity contribution in [2.24, 2.45) is 0 Å². The third kappa shape index (κ3) is 9.32. The summed E-state index contributed by atoms with van der Waals surface area (Å²) in [5.41, 5.74) is 2.65. The molecule has 1 aliphatic rings. The van der Waals surface area contributed by atoms with E-state index >= 15 is 0 Å². The minimum atomic E-state index is -0.171. The summed E-state index contributed by atoms with van der Waals surface area (Å²) in [4.78, 5) is 31.7. The molecule has 39 heavy (non-hydrogen) atoms. The van der Waals surface area contributed by atoms with Gasteiger partial charge in [0.1, 0.15) is 11.3 Å². The predicted molar refractivity (Wildman–Crippen MR) is 158 cm³/mol. The quantitative estimate of drug-likeness (QED) is 0.211. The number of carbonyl (C=O) groups excluding carboxylic acids is 1. The molecule has 1 aliphatic carbocycles. The zero-order valence-corrected chi connectivity index (χ0v) is 24.2. The van der Waals surface area contributed by atoms with Crippen LogP contribution in [0.25, 0.3) is 10.2 Å². The molecule has 0 spiro atoms. The van der Waals surface area contributed by atoms with Crippen LogP contribution in [-0.2, 0) is 22.4 Å². The van der Waals surface area contributed by atoms with Gasteiger partial charge in [0.2, 0.25) is 5.91 Å². The number of halogens is 1. The van der Waals surface area contributed by atoms with Gasteiger partial charge in [-0.2, -0.15) is 0 Å². The highest BCUT2D eigenvalue weighted by atomic mass is 35.5. The lowest BCUT2D eigenvalue weighted by atomic mass is 10.1. The number of ether oxygens (including phenoxy) is 1. The number of rotatable bonds is 17. The van der Waals surface area contributed by atoms with Gasteiger partial charge in [-0.1, -0.05) is 41.1 Å². The number of aromatic amines is 1. The lowest BCUT2D eigenvalue weighted by molar-refractivity contribution is -0.132. The normalized spacial score (nSPS) is 13.4. The number of hydrogen-bond donors (Lipinski definition) is 3. The summed E-state index contributed by atoms with van der Waals surface area (Å²) in [7, 11) is 2.17. The van der Waals surface area contributed by atoms with Crippen LogP contribution in [0.15, 0.2) is 41.2 Å². The summed E-state index contributed by atoms with van der Waals surface area (Å²) in [6.07, 6.45) is 5.37. The molecule has 1 heterocycles. The molecule has 8 nitrogen and oxygen atoms in total. The van der Waals surface area contributed by atoms with Crippen LogP contribution in [0, 0.1) is 0 Å². The van der Waals surface area contributed by atoms with Gasteiger partial charge in [-0.25, -0.2) is 0 Å². The van der Waals surface area contributed by atoms with Crippen molar-refractivity contribution < 1.29 is 14.6 Å². The highest BCUT2D eigenvalue weighted by Crippen LogP contribution is 2.28. The Kier molecular flexibility index (Phi) is 11.2. The molecule has 1 amide bonds. The van der Waals surface area contributed by atoms with Crippen molar-refractivity contribution >= 4 is 39.1 Å². The second-order valence-corrected chi connectivity index (χ2v) is 11.6. The number of phenolic OH excluding ortho intramolecular Hbond substituents is 1. The molecule has 0 unspecified atom stereocenters. The second-order valence-electron chi connectivity index (χ2n) is 10.2. The van der Waals surface area contributed by atoms with E-state index in [1.807, 2.05) is 35.2 Å². The van der Waals surface area contributed by atoms with Gasteiger partial charge in [-0.15, -0.1) is 0 Å². The van der Waals surface area contributed by atoms with Gasteiger partial charge in [0.05, 0.1) is 24.3 Å². The van der Waals surface area contributed by atoms with E-state index in [0.29, 0.717) is 50.8 Å². The van der Waals surface area contributed by atoms with E-state index in [-0.39, 0.29) is 16.5 Å². The van der Waals surface area contributed by atoms with Crippen LogP contribution in [0.3, 0.4) is 0 Å². The average Bonchev–Trinajstić information content (AvgIpc) is 3.69. The van der Waals surface area contributed by atoms with E-state index in [2.05, 4.69) is 22.2 Å². The molecular weight excluding hydrogens is 536 g/mol. The summed E-state index contributed by atoms with van der Waals surface area (Å²) in [5.74, 6) is 0.209. The topological polar surface area (TPSA) is 97.9 Å². The maximum absolute atomic E-state index is 13.0. The number of nitrogens with zero attached hydrogens (tertiary/aromatic N) is 2. The molecule has 0 saturated heterocycles. The zero-order valence-electron chi connectivity index (χ0n) is 22.6. The van der Waals surface area contributed by atoms with Gasteiger partial charge < -0.3 is 29.9 Å². The maximum Gasteiger partial charge on any atom is 0.305 e. The Morgan fingerprint density at radius 2 is 2.00 bits per heavy atom. The number of benzene rings is 2. The maximum atomic E-state index is 13.0. The van der Waals surface area contributed by atoms with E-state index in [1.165, 1.54) is 12.8 Å². The lowest BCUT2D eigenvalue weighted by Gasteiger charge is -2.25. The Labute approximate surface area is 238 Å². The van der Waals surface area contributed by atoms with Crippen LogP contribution < -0.4 is 10.2 Å². The van der Waals surface area contributed by atoms with E-state index in [1.54, 1.807) is 6.07 Å². The molecule has 3 N–H and O–H groups in total. The van der Waals surface area contributed by atoms with Crippen LogP contribution in [0.5, 0.6) is 5.75 Å². The third-order valence-corrected chi connectivity index (χ3v) is 8.31. The number of hydrogen-bond acceptors (Lipinski definition) is 7. The highest BCUT2D eigenvalue weighted by molar-refractivity contribution is 7.16. The Balaban J connectivity index is 1.20. The Bertz CT molecular complexity index is 1280. The number of aromatic hydroxyl groups is 1. The average molecular weight is 575 g/mol. The first kappa shape index (κ1) is 29.6. The number of fused-ring (bicyclic) bond motifs is 1. The fraction of sp³-hybridized carbons (Fsp3) is 0.517. The van der Waals surface area contributed by atoms with Gasteiger partial charge >= 0.3 is 4.87 Å². The van der Waals surface area contributed by atoms with Crippen LogP contribution >= 0.6 is 22.9 Å². The standard InChI is InChI=1S/C29H39ClN4O4S/c1-33(24-7-8-24)15-3-16-34(26(36)12-19-38-18-11-21-4-2-5-23(30)20-21)17-14-31-13-10-22-6-9-25(35)27-28(22)39-29(37)32-27/h2,4-6,9,20,24,31,35H,3,7-8,10-19H2,1H3,(H,32,37). The second kappa shape index (κ2) is 14.8. The minimum absolute atomic E-state index is 0.0926. The molecule has 4 rings (SSSR count). The third-order valence-electron chi connectivity index (χ3n) is 7.11. The number of phenols is 1.